The fourth-order valence-corrected chi connectivity index (χ4v) is 3.51. The van der Waals surface area contributed by atoms with Gasteiger partial charge in [-0.15, -0.1) is 0 Å². The van der Waals surface area contributed by atoms with Gasteiger partial charge < -0.3 is 15.4 Å². The third-order valence-corrected chi connectivity index (χ3v) is 4.86. The Bertz CT molecular complexity index is 548. The number of nitrogens with one attached hydrogen (secondary N) is 2. The summed E-state index contributed by atoms with van der Waals surface area (Å²) >= 11 is 0. The minimum absolute atomic E-state index is 0.128. The van der Waals surface area contributed by atoms with Crippen molar-refractivity contribution in [3.8, 4) is 0 Å². The fraction of sp³-hybridized carbons (Fsp3) is 0.632. The van der Waals surface area contributed by atoms with Crippen molar-refractivity contribution in [1.29, 1.82) is 0 Å². The van der Waals surface area contributed by atoms with Crippen LogP contribution in [0.3, 0.4) is 0 Å². The van der Waals surface area contributed by atoms with Crippen LogP contribution in [-0.2, 0) is 17.6 Å². The van der Waals surface area contributed by atoms with Crippen molar-refractivity contribution in [1.82, 2.24) is 10.6 Å². The van der Waals surface area contributed by atoms with Gasteiger partial charge in [0.1, 0.15) is 5.60 Å². The molecule has 4 nitrogen and oxygen atoms in total. The summed E-state index contributed by atoms with van der Waals surface area (Å²) < 4.78 is 5.41. The molecule has 2 aliphatic rings. The molecule has 4 heteroatoms. The van der Waals surface area contributed by atoms with Crippen LogP contribution in [0.25, 0.3) is 0 Å². The largest absolute Gasteiger partial charge is 0.444 e. The van der Waals surface area contributed by atoms with Crippen molar-refractivity contribution in [3.63, 3.8) is 0 Å². The summed E-state index contributed by atoms with van der Waals surface area (Å²) in [6.07, 6.45) is 5.09. The van der Waals surface area contributed by atoms with E-state index in [-0.39, 0.29) is 11.6 Å². The van der Waals surface area contributed by atoms with Gasteiger partial charge in [0.25, 0.3) is 0 Å². The van der Waals surface area contributed by atoms with Crippen LogP contribution in [0, 0.1) is 0 Å². The summed E-state index contributed by atoms with van der Waals surface area (Å²) in [6, 6.07) is 9.13. The highest BCUT2D eigenvalue weighted by Gasteiger charge is 2.40. The second-order valence-corrected chi connectivity index (χ2v) is 8.02. The van der Waals surface area contributed by atoms with Gasteiger partial charge in [-0.05, 0) is 64.0 Å². The van der Waals surface area contributed by atoms with Crippen LogP contribution < -0.4 is 10.6 Å². The first kappa shape index (κ1) is 16.3. The quantitative estimate of drug-likeness (QED) is 0.897. The zero-order valence-electron chi connectivity index (χ0n) is 14.4. The molecular weight excluding hydrogens is 288 g/mol. The third kappa shape index (κ3) is 4.05. The van der Waals surface area contributed by atoms with Crippen LogP contribution in [0.4, 0.5) is 4.79 Å². The number of carbonyl (C=O) groups is 1. The number of fused-ring (bicyclic) bond motifs is 1. The molecule has 3 rings (SSSR count). The zero-order chi connectivity index (χ0) is 16.5. The van der Waals surface area contributed by atoms with E-state index in [1.807, 2.05) is 20.8 Å². The standard InChI is InChI=1S/C19H28N2O2/c1-18(2,3)23-17(22)21-19(9-6-10-19)13-20-16-11-14-7-4-5-8-15(14)12-16/h4-5,7-8,16,20H,6,9-13H2,1-3H3,(H,21,22). The smallest absolute Gasteiger partial charge is 0.408 e. The van der Waals surface area contributed by atoms with Crippen molar-refractivity contribution in [2.75, 3.05) is 6.54 Å². The first-order valence-corrected chi connectivity index (χ1v) is 8.67. The molecule has 0 spiro atoms. The van der Waals surface area contributed by atoms with E-state index >= 15 is 0 Å². The second-order valence-electron chi connectivity index (χ2n) is 8.02. The molecule has 0 saturated heterocycles. The number of carbonyl (C=O) groups excluding carboxylic acids is 1. The van der Waals surface area contributed by atoms with E-state index in [9.17, 15) is 4.79 Å². The Labute approximate surface area is 139 Å². The van der Waals surface area contributed by atoms with Crippen molar-refractivity contribution in [3.05, 3.63) is 35.4 Å². The van der Waals surface area contributed by atoms with Gasteiger partial charge in [-0.1, -0.05) is 24.3 Å². The normalized spacial score (nSPS) is 19.8. The first-order chi connectivity index (χ1) is 10.9. The van der Waals surface area contributed by atoms with Gasteiger partial charge in [-0.25, -0.2) is 4.79 Å². The number of hydrogen-bond donors (Lipinski definition) is 2. The SMILES string of the molecule is CC(C)(C)OC(=O)NC1(CNC2Cc3ccccc3C2)CCC1. The minimum Gasteiger partial charge on any atom is -0.444 e. The van der Waals surface area contributed by atoms with E-state index in [0.717, 1.165) is 32.2 Å². The lowest BCUT2D eigenvalue weighted by molar-refractivity contribution is 0.0379. The molecule has 0 heterocycles. The number of ether oxygens (including phenoxy) is 1. The van der Waals surface area contributed by atoms with Gasteiger partial charge in [0.15, 0.2) is 0 Å². The van der Waals surface area contributed by atoms with Crippen LogP contribution in [0.2, 0.25) is 0 Å². The second kappa shape index (κ2) is 6.16. The maximum absolute atomic E-state index is 12.1. The van der Waals surface area contributed by atoms with Gasteiger partial charge in [0.2, 0.25) is 0 Å². The lowest BCUT2D eigenvalue weighted by Gasteiger charge is -2.43. The predicted molar refractivity (Wildman–Crippen MR) is 91.6 cm³/mol. The minimum atomic E-state index is -0.449. The molecule has 0 unspecified atom stereocenters. The Kier molecular flexibility index (Phi) is 4.37. The topological polar surface area (TPSA) is 50.4 Å². The van der Waals surface area contributed by atoms with Crippen LogP contribution in [0.5, 0.6) is 0 Å². The molecule has 0 atom stereocenters. The van der Waals surface area contributed by atoms with E-state index in [1.165, 1.54) is 17.5 Å². The average Bonchev–Trinajstić information content (AvgIpc) is 2.82. The lowest BCUT2D eigenvalue weighted by atomic mass is 9.76. The summed E-state index contributed by atoms with van der Waals surface area (Å²) in [5, 5.41) is 6.78. The van der Waals surface area contributed by atoms with Crippen LogP contribution in [0.1, 0.15) is 51.2 Å². The molecule has 0 aliphatic heterocycles. The molecule has 2 N–H and O–H groups in total. The molecule has 0 aromatic heterocycles. The highest BCUT2D eigenvalue weighted by molar-refractivity contribution is 5.69. The number of rotatable bonds is 4. The Balaban J connectivity index is 1.51. The van der Waals surface area contributed by atoms with E-state index < -0.39 is 5.60 Å². The molecule has 1 saturated carbocycles. The van der Waals surface area contributed by atoms with E-state index in [1.54, 1.807) is 0 Å². The molecule has 0 radical (unpaired) electrons. The Morgan fingerprint density at radius 3 is 2.30 bits per heavy atom. The van der Waals surface area contributed by atoms with Crippen molar-refractivity contribution in [2.45, 2.75) is 70.1 Å². The van der Waals surface area contributed by atoms with Crippen molar-refractivity contribution in [2.24, 2.45) is 0 Å². The maximum atomic E-state index is 12.1. The van der Waals surface area contributed by atoms with E-state index in [4.69, 9.17) is 4.74 Å². The monoisotopic (exact) mass is 316 g/mol. The highest BCUT2D eigenvalue weighted by Crippen LogP contribution is 2.32. The number of hydrogen-bond acceptors (Lipinski definition) is 3. The van der Waals surface area contributed by atoms with Gasteiger partial charge in [0.05, 0.1) is 5.54 Å². The van der Waals surface area contributed by atoms with Crippen LogP contribution >= 0.6 is 0 Å². The number of amides is 1. The first-order valence-electron chi connectivity index (χ1n) is 8.67. The molecule has 126 valence electrons. The maximum Gasteiger partial charge on any atom is 0.408 e. The Morgan fingerprint density at radius 2 is 1.83 bits per heavy atom. The summed E-state index contributed by atoms with van der Waals surface area (Å²) in [4.78, 5) is 12.1. The number of alkyl carbamates (subject to hydrolysis) is 1. The average molecular weight is 316 g/mol. The third-order valence-electron chi connectivity index (χ3n) is 4.86. The molecule has 1 aromatic carbocycles. The molecule has 2 aliphatic carbocycles. The molecule has 1 aromatic rings. The van der Waals surface area contributed by atoms with E-state index in [0.29, 0.717) is 6.04 Å². The van der Waals surface area contributed by atoms with Crippen LogP contribution in [-0.4, -0.2) is 29.8 Å². The lowest BCUT2D eigenvalue weighted by Crippen LogP contribution is -2.61. The Hall–Kier alpha value is -1.55. The van der Waals surface area contributed by atoms with Gasteiger partial charge in [-0.2, -0.15) is 0 Å². The van der Waals surface area contributed by atoms with Crippen LogP contribution in [0.15, 0.2) is 24.3 Å². The van der Waals surface area contributed by atoms with Crippen molar-refractivity contribution >= 4 is 6.09 Å². The zero-order valence-corrected chi connectivity index (χ0v) is 14.4. The summed E-state index contributed by atoms with van der Waals surface area (Å²) in [7, 11) is 0. The molecular formula is C19H28N2O2. The molecule has 23 heavy (non-hydrogen) atoms. The van der Waals surface area contributed by atoms with E-state index in [2.05, 4.69) is 34.9 Å². The molecule has 1 amide bonds. The fourth-order valence-electron chi connectivity index (χ4n) is 3.51. The van der Waals surface area contributed by atoms with Gasteiger partial charge in [0, 0.05) is 12.6 Å². The highest BCUT2D eigenvalue weighted by atomic mass is 16.6. The summed E-state index contributed by atoms with van der Waals surface area (Å²) in [5.74, 6) is 0. The Morgan fingerprint density at radius 1 is 1.22 bits per heavy atom. The number of benzene rings is 1. The van der Waals surface area contributed by atoms with Gasteiger partial charge in [-0.3, -0.25) is 0 Å². The van der Waals surface area contributed by atoms with Crippen molar-refractivity contribution < 1.29 is 9.53 Å². The summed E-state index contributed by atoms with van der Waals surface area (Å²) in [6.45, 7) is 6.51. The molecule has 1 fully saturated rings. The summed E-state index contributed by atoms with van der Waals surface area (Å²) in [5.41, 5.74) is 2.33. The molecule has 0 bridgehead atoms. The van der Waals surface area contributed by atoms with Gasteiger partial charge >= 0.3 is 6.09 Å². The predicted octanol–water partition coefficient (Wildman–Crippen LogP) is 3.19.